The van der Waals surface area contributed by atoms with Gasteiger partial charge in [0.25, 0.3) is 0 Å². The van der Waals surface area contributed by atoms with Crippen molar-refractivity contribution in [2.45, 2.75) is 13.3 Å². The van der Waals surface area contributed by atoms with Crippen molar-refractivity contribution in [2.24, 2.45) is 0 Å². The van der Waals surface area contributed by atoms with Crippen molar-refractivity contribution >= 4 is 11.9 Å². The van der Waals surface area contributed by atoms with Crippen molar-refractivity contribution in [1.82, 2.24) is 15.2 Å². The zero-order valence-corrected chi connectivity index (χ0v) is 10.6. The third-order valence-corrected chi connectivity index (χ3v) is 2.36. The molecular formula is C12H12F2N4O2. The van der Waals surface area contributed by atoms with E-state index in [1.54, 1.807) is 6.92 Å². The van der Waals surface area contributed by atoms with Crippen molar-refractivity contribution in [3.05, 3.63) is 35.4 Å². The third-order valence-electron chi connectivity index (χ3n) is 2.36. The number of hydrogen-bond donors (Lipinski definition) is 2. The van der Waals surface area contributed by atoms with E-state index in [9.17, 15) is 13.6 Å². The molecule has 8 heteroatoms. The van der Waals surface area contributed by atoms with Gasteiger partial charge in [-0.2, -0.15) is 4.98 Å². The molecule has 1 heterocycles. The Labute approximate surface area is 113 Å². The van der Waals surface area contributed by atoms with E-state index in [1.807, 2.05) is 0 Å². The zero-order valence-electron chi connectivity index (χ0n) is 10.6. The third kappa shape index (κ3) is 3.50. The van der Waals surface area contributed by atoms with Crippen molar-refractivity contribution in [2.75, 3.05) is 11.9 Å². The lowest BCUT2D eigenvalue weighted by Crippen LogP contribution is -2.16. The number of H-pyrrole nitrogens is 1. The van der Waals surface area contributed by atoms with Gasteiger partial charge in [-0.1, -0.05) is 6.07 Å². The summed E-state index contributed by atoms with van der Waals surface area (Å²) in [5.74, 6) is -1.87. The van der Waals surface area contributed by atoms with Gasteiger partial charge < -0.3 is 4.74 Å². The first kappa shape index (κ1) is 13.9. The maximum absolute atomic E-state index is 13.4. The lowest BCUT2D eigenvalue weighted by atomic mass is 10.1. The normalized spacial score (nSPS) is 10.3. The van der Waals surface area contributed by atoms with Gasteiger partial charge in [0.1, 0.15) is 11.6 Å². The fourth-order valence-corrected chi connectivity index (χ4v) is 1.51. The Morgan fingerprint density at radius 1 is 1.45 bits per heavy atom. The van der Waals surface area contributed by atoms with E-state index in [0.717, 1.165) is 12.1 Å². The molecule has 1 amide bonds. The Kier molecular flexibility index (Phi) is 4.24. The molecule has 0 atom stereocenters. The monoisotopic (exact) mass is 282 g/mol. The van der Waals surface area contributed by atoms with Gasteiger partial charge in [0.05, 0.1) is 13.0 Å². The van der Waals surface area contributed by atoms with Crippen LogP contribution in [0.3, 0.4) is 0 Å². The van der Waals surface area contributed by atoms with E-state index in [4.69, 9.17) is 4.74 Å². The molecule has 1 aromatic heterocycles. The standard InChI is InChI=1S/C12H12F2N4O2/c1-2-20-12-16-11(17-18-12)15-10(19)5-7-3-4-8(13)6-9(7)14/h3-4,6H,2,5H2,1H3,(H2,15,16,17,18,19). The zero-order chi connectivity index (χ0) is 14.5. The number of carbonyl (C=O) groups is 1. The van der Waals surface area contributed by atoms with Gasteiger partial charge in [-0.15, -0.1) is 5.10 Å². The Balaban J connectivity index is 1.97. The molecule has 106 valence electrons. The highest BCUT2D eigenvalue weighted by atomic mass is 19.1. The van der Waals surface area contributed by atoms with Gasteiger partial charge in [-0.3, -0.25) is 10.1 Å². The number of anilines is 1. The Morgan fingerprint density at radius 3 is 2.95 bits per heavy atom. The minimum atomic E-state index is -0.771. The van der Waals surface area contributed by atoms with E-state index in [-0.39, 0.29) is 23.9 Å². The second-order valence-electron chi connectivity index (χ2n) is 3.86. The number of benzene rings is 1. The number of amides is 1. The fourth-order valence-electron chi connectivity index (χ4n) is 1.51. The number of rotatable bonds is 5. The van der Waals surface area contributed by atoms with Gasteiger partial charge in [0, 0.05) is 6.07 Å². The summed E-state index contributed by atoms with van der Waals surface area (Å²) in [6, 6.07) is 3.14. The summed E-state index contributed by atoms with van der Waals surface area (Å²) in [5.41, 5.74) is 0.0912. The van der Waals surface area contributed by atoms with Crippen LogP contribution in [0.4, 0.5) is 14.7 Å². The molecule has 20 heavy (non-hydrogen) atoms. The molecule has 0 saturated carbocycles. The average molecular weight is 282 g/mol. The first-order chi connectivity index (χ1) is 9.58. The van der Waals surface area contributed by atoms with Gasteiger partial charge in [-0.25, -0.2) is 13.9 Å². The van der Waals surface area contributed by atoms with E-state index in [2.05, 4.69) is 20.5 Å². The van der Waals surface area contributed by atoms with Gasteiger partial charge in [-0.05, 0) is 18.6 Å². The highest BCUT2D eigenvalue weighted by Gasteiger charge is 2.11. The number of carbonyl (C=O) groups excluding carboxylic acids is 1. The summed E-state index contributed by atoms with van der Waals surface area (Å²) in [5, 5.41) is 8.56. The second kappa shape index (κ2) is 6.09. The molecule has 0 saturated heterocycles. The molecule has 0 aliphatic rings. The van der Waals surface area contributed by atoms with Crippen LogP contribution in [0.5, 0.6) is 6.01 Å². The fraction of sp³-hybridized carbons (Fsp3) is 0.250. The molecule has 6 nitrogen and oxygen atoms in total. The van der Waals surface area contributed by atoms with E-state index in [0.29, 0.717) is 6.61 Å². The molecule has 0 aliphatic heterocycles. The predicted octanol–water partition coefficient (Wildman–Crippen LogP) is 1.66. The summed E-state index contributed by atoms with van der Waals surface area (Å²) in [6.07, 6.45) is -0.239. The van der Waals surface area contributed by atoms with Crippen molar-refractivity contribution < 1.29 is 18.3 Å². The molecule has 0 bridgehead atoms. The highest BCUT2D eigenvalue weighted by molar-refractivity contribution is 5.90. The summed E-state index contributed by atoms with van der Waals surface area (Å²) in [7, 11) is 0. The van der Waals surface area contributed by atoms with E-state index < -0.39 is 17.5 Å². The summed E-state index contributed by atoms with van der Waals surface area (Å²) < 4.78 is 31.1. The number of aromatic amines is 1. The van der Waals surface area contributed by atoms with Crippen LogP contribution in [-0.2, 0) is 11.2 Å². The van der Waals surface area contributed by atoms with Crippen LogP contribution < -0.4 is 10.1 Å². The Hall–Kier alpha value is -2.51. The van der Waals surface area contributed by atoms with Gasteiger partial charge >= 0.3 is 6.01 Å². The Bertz CT molecular complexity index is 615. The topological polar surface area (TPSA) is 79.9 Å². The quantitative estimate of drug-likeness (QED) is 0.874. The minimum absolute atomic E-state index is 0.0912. The molecule has 0 unspecified atom stereocenters. The smallest absolute Gasteiger partial charge is 0.337 e. The minimum Gasteiger partial charge on any atom is -0.463 e. The van der Waals surface area contributed by atoms with Crippen LogP contribution in [0, 0.1) is 11.6 Å². The number of halogens is 2. The molecule has 2 aromatic rings. The molecule has 2 N–H and O–H groups in total. The largest absolute Gasteiger partial charge is 0.463 e. The summed E-state index contributed by atoms with van der Waals surface area (Å²) >= 11 is 0. The summed E-state index contributed by atoms with van der Waals surface area (Å²) in [6.45, 7) is 2.16. The summed E-state index contributed by atoms with van der Waals surface area (Å²) in [4.78, 5) is 15.5. The average Bonchev–Trinajstić information content (AvgIpc) is 2.81. The number of ether oxygens (including phenoxy) is 1. The Morgan fingerprint density at radius 2 is 2.25 bits per heavy atom. The molecule has 0 fully saturated rings. The van der Waals surface area contributed by atoms with Crippen LogP contribution in [0.2, 0.25) is 0 Å². The molecule has 2 rings (SSSR count). The molecule has 0 spiro atoms. The van der Waals surface area contributed by atoms with Gasteiger partial charge in [0.15, 0.2) is 0 Å². The van der Waals surface area contributed by atoms with E-state index >= 15 is 0 Å². The second-order valence-corrected chi connectivity index (χ2v) is 3.86. The number of nitrogens with zero attached hydrogens (tertiary/aromatic N) is 2. The van der Waals surface area contributed by atoms with Crippen molar-refractivity contribution in [3.8, 4) is 6.01 Å². The van der Waals surface area contributed by atoms with Crippen molar-refractivity contribution in [1.29, 1.82) is 0 Å². The van der Waals surface area contributed by atoms with E-state index in [1.165, 1.54) is 6.07 Å². The van der Waals surface area contributed by atoms with Crippen LogP contribution in [0.1, 0.15) is 12.5 Å². The highest BCUT2D eigenvalue weighted by Crippen LogP contribution is 2.11. The molecular weight excluding hydrogens is 270 g/mol. The van der Waals surface area contributed by atoms with Gasteiger partial charge in [0.2, 0.25) is 11.9 Å². The first-order valence-electron chi connectivity index (χ1n) is 5.87. The first-order valence-corrected chi connectivity index (χ1v) is 5.87. The SMILES string of the molecule is CCOc1n[nH]c(NC(=O)Cc2ccc(F)cc2F)n1. The lowest BCUT2D eigenvalue weighted by molar-refractivity contribution is -0.115. The molecule has 0 radical (unpaired) electrons. The lowest BCUT2D eigenvalue weighted by Gasteiger charge is -2.03. The molecule has 0 aliphatic carbocycles. The van der Waals surface area contributed by atoms with Crippen LogP contribution >= 0.6 is 0 Å². The maximum atomic E-state index is 13.4. The van der Waals surface area contributed by atoms with Crippen LogP contribution in [0.25, 0.3) is 0 Å². The number of nitrogens with one attached hydrogen (secondary N) is 2. The number of hydrogen-bond acceptors (Lipinski definition) is 4. The van der Waals surface area contributed by atoms with Crippen LogP contribution in [-0.4, -0.2) is 27.7 Å². The predicted molar refractivity (Wildman–Crippen MR) is 66.2 cm³/mol. The number of aromatic nitrogens is 3. The van der Waals surface area contributed by atoms with Crippen molar-refractivity contribution in [3.63, 3.8) is 0 Å². The maximum Gasteiger partial charge on any atom is 0.337 e. The molecule has 1 aromatic carbocycles. The van der Waals surface area contributed by atoms with Crippen LogP contribution in [0.15, 0.2) is 18.2 Å².